The lowest BCUT2D eigenvalue weighted by molar-refractivity contribution is -0.146. The Balaban J connectivity index is 1.57. The number of carboxylic acids is 2. The molecule has 14 heteroatoms. The Morgan fingerprint density at radius 1 is 0.830 bits per heavy atom. The lowest BCUT2D eigenvalue weighted by Gasteiger charge is -2.24. The molecule has 0 aliphatic heterocycles. The first-order valence-corrected chi connectivity index (χ1v) is 15.0. The predicted octanol–water partition coefficient (Wildman–Crippen LogP) is 2.73. The van der Waals surface area contributed by atoms with Gasteiger partial charge in [0.05, 0.1) is 20.0 Å². The van der Waals surface area contributed by atoms with E-state index in [0.29, 0.717) is 16.1 Å². The van der Waals surface area contributed by atoms with Gasteiger partial charge in [-0.2, -0.15) is 0 Å². The molecule has 4 aromatic rings. The Labute approximate surface area is 273 Å². The van der Waals surface area contributed by atoms with Crippen molar-refractivity contribution in [2.24, 2.45) is 0 Å². The van der Waals surface area contributed by atoms with Crippen molar-refractivity contribution in [3.05, 3.63) is 83.0 Å². The number of fused-ring (bicyclic) bond motifs is 2. The minimum atomic E-state index is -1.67. The van der Waals surface area contributed by atoms with E-state index in [4.69, 9.17) is 16.7 Å². The number of nitrogens with one attached hydrogen (secondary N) is 4. The molecule has 4 rings (SSSR count). The molecule has 0 aliphatic carbocycles. The molecule has 0 saturated heterocycles. The normalized spacial score (nSPS) is 12.9. The van der Waals surface area contributed by atoms with Gasteiger partial charge in [-0.15, -0.1) is 0 Å². The number of aromatic nitrogens is 1. The molecule has 0 aliphatic rings. The van der Waals surface area contributed by atoms with Gasteiger partial charge in [0.25, 0.3) is 0 Å². The number of hydrogen-bond donors (Lipinski definition) is 6. The number of carbonyl (C=O) groups is 6. The zero-order valence-electron chi connectivity index (χ0n) is 25.2. The fourth-order valence-electron chi connectivity index (χ4n) is 5.12. The number of ether oxygens (including phenoxy) is 1. The predicted molar refractivity (Wildman–Crippen MR) is 172 cm³/mol. The van der Waals surface area contributed by atoms with Crippen LogP contribution < -0.4 is 16.0 Å². The zero-order chi connectivity index (χ0) is 34.1. The van der Waals surface area contributed by atoms with E-state index < -0.39 is 66.6 Å². The number of rotatable bonds is 15. The molecule has 1 heterocycles. The van der Waals surface area contributed by atoms with Crippen LogP contribution >= 0.6 is 11.6 Å². The second-order valence-electron chi connectivity index (χ2n) is 10.9. The van der Waals surface area contributed by atoms with Crippen LogP contribution in [0, 0.1) is 0 Å². The summed E-state index contributed by atoms with van der Waals surface area (Å²) in [6, 6.07) is 13.9. The molecular weight excluding hydrogens is 632 g/mol. The third-order valence-corrected chi connectivity index (χ3v) is 7.68. The van der Waals surface area contributed by atoms with Crippen molar-refractivity contribution in [3.63, 3.8) is 0 Å². The third-order valence-electron chi connectivity index (χ3n) is 7.45. The fraction of sp³-hybridized carbons (Fsp3) is 0.273. The number of aromatic amines is 1. The first kappa shape index (κ1) is 34.4. The van der Waals surface area contributed by atoms with E-state index in [9.17, 15) is 33.9 Å². The number of carboxylic acid groups (broad SMARTS) is 2. The fourth-order valence-corrected chi connectivity index (χ4v) is 5.29. The Bertz CT molecular complexity index is 1820. The summed E-state index contributed by atoms with van der Waals surface area (Å²) in [5.74, 6) is -6.01. The van der Waals surface area contributed by atoms with E-state index in [1.807, 2.05) is 36.4 Å². The van der Waals surface area contributed by atoms with Crippen molar-refractivity contribution in [1.82, 2.24) is 20.9 Å². The standard InChI is InChI=1S/C33H33ClN4O9/c1-47-33(46)24(10-11-29(40)41)37-32(45)27(16-30(42)43)38-31(44)26(13-18-6-7-19-4-2-3-5-20(19)12-18)36-28(39)14-21-17-35-25-15-22(34)8-9-23(21)25/h2-9,12,15,17,24,26-27,35H,10-11,13-14,16H2,1H3,(H,36,39)(H,37,45)(H,38,44)(H,40,41)(H,42,43)/t24-,26-,27-/m0/s1. The summed E-state index contributed by atoms with van der Waals surface area (Å²) >= 11 is 6.07. The monoisotopic (exact) mass is 664 g/mol. The Morgan fingerprint density at radius 3 is 2.23 bits per heavy atom. The van der Waals surface area contributed by atoms with Crippen LogP contribution in [0.1, 0.15) is 30.4 Å². The summed E-state index contributed by atoms with van der Waals surface area (Å²) in [5, 5.41) is 29.0. The minimum absolute atomic E-state index is 0.00327. The van der Waals surface area contributed by atoms with Gasteiger partial charge >= 0.3 is 17.9 Å². The zero-order valence-corrected chi connectivity index (χ0v) is 26.0. The third kappa shape index (κ3) is 9.53. The number of esters is 1. The van der Waals surface area contributed by atoms with E-state index in [1.165, 1.54) is 0 Å². The Hall–Kier alpha value is -5.43. The maximum Gasteiger partial charge on any atom is 0.328 e. The van der Waals surface area contributed by atoms with Gasteiger partial charge in [-0.1, -0.05) is 60.1 Å². The first-order chi connectivity index (χ1) is 22.4. The lowest BCUT2D eigenvalue weighted by atomic mass is 10.00. The highest BCUT2D eigenvalue weighted by atomic mass is 35.5. The highest BCUT2D eigenvalue weighted by molar-refractivity contribution is 6.31. The SMILES string of the molecule is COC(=O)[C@H](CCC(=O)O)NC(=O)[C@H](CC(=O)O)NC(=O)[C@H](Cc1ccc2ccccc2c1)NC(=O)Cc1c[nH]c2cc(Cl)ccc12. The molecule has 6 N–H and O–H groups in total. The molecule has 3 atom stereocenters. The highest BCUT2D eigenvalue weighted by Crippen LogP contribution is 2.23. The lowest BCUT2D eigenvalue weighted by Crippen LogP contribution is -2.57. The molecule has 13 nitrogen and oxygen atoms in total. The molecule has 3 aromatic carbocycles. The van der Waals surface area contributed by atoms with E-state index in [1.54, 1.807) is 30.5 Å². The summed E-state index contributed by atoms with van der Waals surface area (Å²) in [7, 11) is 1.05. The molecule has 0 spiro atoms. The van der Waals surface area contributed by atoms with E-state index in [0.717, 1.165) is 28.8 Å². The number of methoxy groups -OCH3 is 1. The van der Waals surface area contributed by atoms with Crippen LogP contribution in [0.15, 0.2) is 66.9 Å². The van der Waals surface area contributed by atoms with Gasteiger partial charge in [0.2, 0.25) is 17.7 Å². The maximum absolute atomic E-state index is 13.7. The van der Waals surface area contributed by atoms with E-state index in [2.05, 4.69) is 25.7 Å². The van der Waals surface area contributed by atoms with Crippen LogP contribution in [0.5, 0.6) is 0 Å². The van der Waals surface area contributed by atoms with Crippen molar-refractivity contribution < 1.29 is 43.7 Å². The van der Waals surface area contributed by atoms with E-state index >= 15 is 0 Å². The summed E-state index contributed by atoms with van der Waals surface area (Å²) in [6.45, 7) is 0. The molecule has 0 bridgehead atoms. The number of amides is 3. The Morgan fingerprint density at radius 2 is 1.53 bits per heavy atom. The molecule has 0 radical (unpaired) electrons. The highest BCUT2D eigenvalue weighted by Gasteiger charge is 2.32. The number of H-pyrrole nitrogens is 1. The summed E-state index contributed by atoms with van der Waals surface area (Å²) in [6.07, 6.45) is -0.127. The van der Waals surface area contributed by atoms with E-state index in [-0.39, 0.29) is 19.3 Å². The van der Waals surface area contributed by atoms with Crippen molar-refractivity contribution in [2.75, 3.05) is 7.11 Å². The van der Waals surface area contributed by atoms with Gasteiger partial charge in [-0.25, -0.2) is 4.79 Å². The summed E-state index contributed by atoms with van der Waals surface area (Å²) in [5.41, 5.74) is 2.06. The van der Waals surface area contributed by atoms with Crippen LogP contribution in [0.3, 0.4) is 0 Å². The Kier molecular flexibility index (Phi) is 11.5. The molecule has 0 saturated carbocycles. The van der Waals surface area contributed by atoms with Gasteiger partial charge < -0.3 is 35.9 Å². The van der Waals surface area contributed by atoms with Gasteiger partial charge in [0, 0.05) is 35.0 Å². The van der Waals surface area contributed by atoms with Crippen LogP contribution in [0.4, 0.5) is 0 Å². The van der Waals surface area contributed by atoms with Crippen LogP contribution in [-0.4, -0.2) is 76.1 Å². The molecule has 246 valence electrons. The topological polar surface area (TPSA) is 204 Å². The number of benzene rings is 3. The summed E-state index contributed by atoms with van der Waals surface area (Å²) < 4.78 is 4.64. The van der Waals surface area contributed by atoms with Gasteiger partial charge in [-0.05, 0) is 40.5 Å². The number of hydrogen-bond acceptors (Lipinski definition) is 7. The molecular formula is C33H33ClN4O9. The smallest absolute Gasteiger partial charge is 0.328 e. The first-order valence-electron chi connectivity index (χ1n) is 14.6. The minimum Gasteiger partial charge on any atom is -0.481 e. The number of carbonyl (C=O) groups excluding carboxylic acids is 4. The van der Waals surface area contributed by atoms with Crippen molar-refractivity contribution in [3.8, 4) is 0 Å². The van der Waals surface area contributed by atoms with Gasteiger partial charge in [0.15, 0.2) is 0 Å². The van der Waals surface area contributed by atoms with Crippen molar-refractivity contribution >= 4 is 68.9 Å². The van der Waals surface area contributed by atoms with Crippen molar-refractivity contribution in [2.45, 2.75) is 50.2 Å². The second kappa shape index (κ2) is 15.7. The maximum atomic E-state index is 13.7. The second-order valence-corrected chi connectivity index (χ2v) is 11.3. The van der Waals surface area contributed by atoms with Gasteiger partial charge in [-0.3, -0.25) is 24.0 Å². The average molecular weight is 665 g/mol. The van der Waals surface area contributed by atoms with Crippen molar-refractivity contribution in [1.29, 1.82) is 0 Å². The average Bonchev–Trinajstić information content (AvgIpc) is 3.42. The molecule has 0 unspecified atom stereocenters. The van der Waals surface area contributed by atoms with Crippen LogP contribution in [0.2, 0.25) is 5.02 Å². The number of aliphatic carboxylic acids is 2. The van der Waals surface area contributed by atoms with Gasteiger partial charge in [0.1, 0.15) is 18.1 Å². The quantitative estimate of drug-likeness (QED) is 0.103. The summed E-state index contributed by atoms with van der Waals surface area (Å²) in [4.78, 5) is 78.1. The molecule has 47 heavy (non-hydrogen) atoms. The van der Waals surface area contributed by atoms with Crippen LogP contribution in [0.25, 0.3) is 21.7 Å². The molecule has 0 fully saturated rings. The van der Waals surface area contributed by atoms with Crippen LogP contribution in [-0.2, 0) is 46.3 Å². The molecule has 1 aromatic heterocycles. The number of halogens is 1. The largest absolute Gasteiger partial charge is 0.481 e. The molecule has 3 amide bonds.